The number of nitrogens with zero attached hydrogens (tertiary/aromatic N) is 2. The van der Waals surface area contributed by atoms with Crippen LogP contribution in [0.2, 0.25) is 0 Å². The number of urea groups is 1. The minimum Gasteiger partial charge on any atom is -0.351 e. The van der Waals surface area contributed by atoms with Gasteiger partial charge in [0.25, 0.3) is 0 Å². The minimum atomic E-state index is -0.848. The third kappa shape index (κ3) is 3.69. The van der Waals surface area contributed by atoms with Crippen molar-refractivity contribution in [1.82, 2.24) is 15.3 Å². The van der Waals surface area contributed by atoms with Gasteiger partial charge in [0.15, 0.2) is 0 Å². The van der Waals surface area contributed by atoms with Gasteiger partial charge in [0.05, 0.1) is 10.8 Å². The van der Waals surface area contributed by atoms with Crippen LogP contribution < -0.4 is 11.1 Å². The van der Waals surface area contributed by atoms with Crippen molar-refractivity contribution in [3.8, 4) is 0 Å². The van der Waals surface area contributed by atoms with E-state index in [-0.39, 0.29) is 5.92 Å². The number of rotatable bonds is 4. The van der Waals surface area contributed by atoms with E-state index in [1.807, 2.05) is 38.1 Å². The Balaban J connectivity index is 2.31. The fraction of sp³-hybridized carbons (Fsp3) is 0.286. The number of amides is 3. The van der Waals surface area contributed by atoms with Crippen LogP contribution in [0.15, 0.2) is 35.6 Å². The third-order valence-corrected chi connectivity index (χ3v) is 4.42. The predicted molar refractivity (Wildman–Crippen MR) is 81.7 cm³/mol. The summed E-state index contributed by atoms with van der Waals surface area (Å²) in [5.74, 6) is -0.395. The second-order valence-electron chi connectivity index (χ2n) is 4.83. The Morgan fingerprint density at radius 3 is 2.62 bits per heavy atom. The quantitative estimate of drug-likeness (QED) is 0.664. The number of nitrogens with two attached hydrogens (primary N) is 1. The molecule has 2 rings (SSSR count). The molecule has 0 spiro atoms. The molecule has 1 heterocycles. The van der Waals surface area contributed by atoms with Crippen molar-refractivity contribution in [2.24, 2.45) is 11.7 Å². The number of imide groups is 1. The lowest BCUT2D eigenvalue weighted by Gasteiger charge is -2.18. The molecule has 1 atom stereocenters. The zero-order valence-electron chi connectivity index (χ0n) is 11.7. The number of hydrogen-bond donors (Lipinski definition) is 2. The number of carbonyl (C=O) groups excluding carboxylic acids is 2. The lowest BCUT2D eigenvalue weighted by atomic mass is 10.1. The lowest BCUT2D eigenvalue weighted by Crippen LogP contribution is -2.42. The maximum Gasteiger partial charge on any atom is 0.318 e. The first-order valence-electron chi connectivity index (χ1n) is 6.45. The number of carbonyl (C=O) groups is 2. The molecule has 7 heteroatoms. The standard InChI is InChI=1S/C14H16N4O2S/c1-8(2)11(12(19)18-14(15)20)21-13-9-5-3-4-6-10(9)16-7-17-13/h3-8,11H,1-2H3,(H3,15,18,19,20)/t11-/m1/s1. The van der Waals surface area contributed by atoms with E-state index in [1.165, 1.54) is 18.1 Å². The molecule has 0 saturated carbocycles. The molecule has 0 aliphatic heterocycles. The molecule has 6 nitrogen and oxygen atoms in total. The van der Waals surface area contributed by atoms with E-state index < -0.39 is 17.2 Å². The van der Waals surface area contributed by atoms with Gasteiger partial charge in [0.1, 0.15) is 11.4 Å². The molecule has 1 aromatic carbocycles. The van der Waals surface area contributed by atoms with Crippen molar-refractivity contribution in [3.05, 3.63) is 30.6 Å². The molecule has 0 unspecified atom stereocenters. The van der Waals surface area contributed by atoms with E-state index in [2.05, 4.69) is 15.3 Å². The van der Waals surface area contributed by atoms with Gasteiger partial charge in [-0.05, 0) is 12.0 Å². The third-order valence-electron chi connectivity index (χ3n) is 2.86. The van der Waals surface area contributed by atoms with Gasteiger partial charge in [-0.25, -0.2) is 14.8 Å². The average Bonchev–Trinajstić information content (AvgIpc) is 2.43. The molecule has 0 fully saturated rings. The number of para-hydroxylation sites is 1. The molecule has 21 heavy (non-hydrogen) atoms. The SMILES string of the molecule is CC(C)[C@@H](Sc1ncnc2ccccc12)C(=O)NC(N)=O. The Hall–Kier alpha value is -2.15. The van der Waals surface area contributed by atoms with Crippen molar-refractivity contribution in [3.63, 3.8) is 0 Å². The Morgan fingerprint density at radius 2 is 1.95 bits per heavy atom. The molecule has 0 radical (unpaired) electrons. The smallest absolute Gasteiger partial charge is 0.318 e. The van der Waals surface area contributed by atoms with E-state index >= 15 is 0 Å². The van der Waals surface area contributed by atoms with Crippen LogP contribution in [0.5, 0.6) is 0 Å². The maximum atomic E-state index is 12.1. The van der Waals surface area contributed by atoms with E-state index in [0.717, 1.165) is 10.9 Å². The second-order valence-corrected chi connectivity index (χ2v) is 5.96. The largest absolute Gasteiger partial charge is 0.351 e. The highest BCUT2D eigenvalue weighted by Crippen LogP contribution is 2.31. The topological polar surface area (TPSA) is 98.0 Å². The Bertz CT molecular complexity index is 670. The van der Waals surface area contributed by atoms with E-state index in [4.69, 9.17) is 5.73 Å². The molecule has 110 valence electrons. The van der Waals surface area contributed by atoms with Crippen LogP contribution in [0.25, 0.3) is 10.9 Å². The summed E-state index contributed by atoms with van der Waals surface area (Å²) in [5, 5.41) is 3.25. The first-order chi connectivity index (χ1) is 9.99. The minimum absolute atomic E-state index is 0.0167. The van der Waals surface area contributed by atoms with Crippen LogP contribution in [-0.4, -0.2) is 27.2 Å². The first-order valence-corrected chi connectivity index (χ1v) is 7.33. The zero-order valence-corrected chi connectivity index (χ0v) is 12.6. The lowest BCUT2D eigenvalue weighted by molar-refractivity contribution is -0.120. The van der Waals surface area contributed by atoms with Crippen LogP contribution >= 0.6 is 11.8 Å². The number of benzene rings is 1. The van der Waals surface area contributed by atoms with Gasteiger partial charge in [0.2, 0.25) is 5.91 Å². The number of primary amides is 1. The summed E-state index contributed by atoms with van der Waals surface area (Å²) < 4.78 is 0. The summed E-state index contributed by atoms with van der Waals surface area (Å²) in [6, 6.07) is 6.72. The van der Waals surface area contributed by atoms with Crippen molar-refractivity contribution in [2.75, 3.05) is 0 Å². The van der Waals surface area contributed by atoms with Crippen LogP contribution in [0.1, 0.15) is 13.8 Å². The first kappa shape index (κ1) is 15.2. The van der Waals surface area contributed by atoms with E-state index in [9.17, 15) is 9.59 Å². The van der Waals surface area contributed by atoms with Crippen LogP contribution in [-0.2, 0) is 4.79 Å². The number of thioether (sulfide) groups is 1. The number of aromatic nitrogens is 2. The summed E-state index contributed by atoms with van der Waals surface area (Å²) >= 11 is 1.31. The van der Waals surface area contributed by atoms with Gasteiger partial charge in [-0.3, -0.25) is 10.1 Å². The Morgan fingerprint density at radius 1 is 1.24 bits per heavy atom. The average molecular weight is 304 g/mol. The molecule has 3 N–H and O–H groups in total. The van der Waals surface area contributed by atoms with Crippen LogP contribution in [0, 0.1) is 5.92 Å². The van der Waals surface area contributed by atoms with Crippen molar-refractivity contribution in [1.29, 1.82) is 0 Å². The van der Waals surface area contributed by atoms with Gasteiger partial charge in [0, 0.05) is 5.39 Å². The number of hydrogen-bond acceptors (Lipinski definition) is 5. The van der Waals surface area contributed by atoms with Gasteiger partial charge >= 0.3 is 6.03 Å². The predicted octanol–water partition coefficient (Wildman–Crippen LogP) is 1.94. The van der Waals surface area contributed by atoms with Crippen molar-refractivity contribution < 1.29 is 9.59 Å². The molecular weight excluding hydrogens is 288 g/mol. The fourth-order valence-corrected chi connectivity index (χ4v) is 2.97. The monoisotopic (exact) mass is 304 g/mol. The van der Waals surface area contributed by atoms with Crippen molar-refractivity contribution >= 4 is 34.6 Å². The molecule has 3 amide bonds. The van der Waals surface area contributed by atoms with E-state index in [1.54, 1.807) is 0 Å². The highest BCUT2D eigenvalue weighted by molar-refractivity contribution is 8.00. The molecule has 2 aromatic rings. The van der Waals surface area contributed by atoms with Gasteiger partial charge < -0.3 is 5.73 Å². The molecule has 0 aliphatic rings. The molecular formula is C14H16N4O2S. The summed E-state index contributed by atoms with van der Waals surface area (Å²) in [6.07, 6.45) is 1.47. The Labute approximate surface area is 126 Å². The van der Waals surface area contributed by atoms with Crippen LogP contribution in [0.3, 0.4) is 0 Å². The normalized spacial score (nSPS) is 12.3. The van der Waals surface area contributed by atoms with E-state index in [0.29, 0.717) is 5.03 Å². The second kappa shape index (κ2) is 6.53. The molecule has 0 saturated heterocycles. The summed E-state index contributed by atoms with van der Waals surface area (Å²) in [4.78, 5) is 31.4. The van der Waals surface area contributed by atoms with Crippen LogP contribution in [0.4, 0.5) is 4.79 Å². The molecule has 0 aliphatic carbocycles. The zero-order chi connectivity index (χ0) is 15.4. The number of fused-ring (bicyclic) bond motifs is 1. The summed E-state index contributed by atoms with van der Waals surface area (Å²) in [6.45, 7) is 3.81. The maximum absolute atomic E-state index is 12.1. The van der Waals surface area contributed by atoms with Gasteiger partial charge in [-0.2, -0.15) is 0 Å². The van der Waals surface area contributed by atoms with Crippen molar-refractivity contribution in [2.45, 2.75) is 24.1 Å². The molecule has 0 bridgehead atoms. The number of nitrogens with one attached hydrogen (secondary N) is 1. The highest BCUT2D eigenvalue weighted by atomic mass is 32.2. The van der Waals surface area contributed by atoms with Gasteiger partial charge in [-0.1, -0.05) is 43.8 Å². The summed E-state index contributed by atoms with van der Waals surface area (Å²) in [7, 11) is 0. The molecule has 1 aromatic heterocycles. The highest BCUT2D eigenvalue weighted by Gasteiger charge is 2.25. The summed E-state index contributed by atoms with van der Waals surface area (Å²) in [5.41, 5.74) is 5.82. The Kier molecular flexibility index (Phi) is 4.74. The fourth-order valence-electron chi connectivity index (χ4n) is 1.88. The van der Waals surface area contributed by atoms with Gasteiger partial charge in [-0.15, -0.1) is 0 Å².